The van der Waals surface area contributed by atoms with Crippen molar-refractivity contribution in [1.82, 2.24) is 4.90 Å². The molecule has 0 aliphatic carbocycles. The highest BCUT2D eigenvalue weighted by atomic mass is 16.3. The molecule has 162 valence electrons. The third kappa shape index (κ3) is 4.09. The fourth-order valence-corrected chi connectivity index (χ4v) is 3.93. The van der Waals surface area contributed by atoms with Crippen LogP contribution in [0.1, 0.15) is 41.8 Å². The number of hydrogen-bond acceptors (Lipinski definition) is 3. The fourth-order valence-electron chi connectivity index (χ4n) is 3.93. The number of nitrogens with zero attached hydrogens (tertiary/aromatic N) is 1. The average Bonchev–Trinajstić information content (AvgIpc) is 2.84. The average molecular weight is 426 g/mol. The lowest BCUT2D eigenvalue weighted by Gasteiger charge is -2.29. The predicted molar refractivity (Wildman–Crippen MR) is 129 cm³/mol. The van der Waals surface area contributed by atoms with E-state index in [1.807, 2.05) is 72.5 Å². The highest BCUT2D eigenvalue weighted by Gasteiger charge is 2.25. The van der Waals surface area contributed by atoms with Gasteiger partial charge in [0.25, 0.3) is 5.91 Å². The van der Waals surface area contributed by atoms with E-state index in [1.54, 1.807) is 25.1 Å². The fraction of sp³-hybridized carbons (Fsp3) is 0.214. The van der Waals surface area contributed by atoms with Crippen molar-refractivity contribution in [2.24, 2.45) is 0 Å². The van der Waals surface area contributed by atoms with Gasteiger partial charge >= 0.3 is 0 Å². The van der Waals surface area contributed by atoms with E-state index in [9.17, 15) is 9.59 Å². The molecule has 0 saturated carbocycles. The van der Waals surface area contributed by atoms with Gasteiger partial charge in [-0.2, -0.15) is 0 Å². The van der Waals surface area contributed by atoms with Crippen molar-refractivity contribution in [2.45, 2.75) is 39.8 Å². The summed E-state index contributed by atoms with van der Waals surface area (Å²) >= 11 is 0. The van der Waals surface area contributed by atoms with E-state index in [0.717, 1.165) is 17.5 Å². The van der Waals surface area contributed by atoms with Gasteiger partial charge in [0.15, 0.2) is 11.0 Å². The number of rotatable bonds is 6. The van der Waals surface area contributed by atoms with Gasteiger partial charge in [-0.25, -0.2) is 0 Å². The molecule has 32 heavy (non-hydrogen) atoms. The van der Waals surface area contributed by atoms with E-state index < -0.39 is 0 Å². The maximum absolute atomic E-state index is 13.8. The summed E-state index contributed by atoms with van der Waals surface area (Å²) in [6.45, 7) is 6.37. The Morgan fingerprint density at radius 1 is 0.938 bits per heavy atom. The minimum atomic E-state index is -0.139. The second-order valence-electron chi connectivity index (χ2n) is 8.11. The van der Waals surface area contributed by atoms with Crippen molar-refractivity contribution in [3.63, 3.8) is 0 Å². The molecule has 0 fully saturated rings. The summed E-state index contributed by atoms with van der Waals surface area (Å²) in [5.74, 6) is 0.362. The first kappa shape index (κ1) is 21.6. The number of carbonyl (C=O) groups is 1. The van der Waals surface area contributed by atoms with E-state index >= 15 is 0 Å². The summed E-state index contributed by atoms with van der Waals surface area (Å²) < 4.78 is 6.28. The molecule has 0 aliphatic heterocycles. The first-order chi connectivity index (χ1) is 15.5. The zero-order valence-corrected chi connectivity index (χ0v) is 18.7. The summed E-state index contributed by atoms with van der Waals surface area (Å²) in [6, 6.07) is 24.7. The molecule has 1 heterocycles. The molecule has 0 spiro atoms. The first-order valence-corrected chi connectivity index (χ1v) is 11.0. The Balaban J connectivity index is 1.86. The molecular formula is C28H27NO3. The number of carbonyl (C=O) groups excluding carboxylic acids is 1. The monoisotopic (exact) mass is 425 g/mol. The smallest absolute Gasteiger partial charge is 0.258 e. The van der Waals surface area contributed by atoms with E-state index in [1.165, 1.54) is 0 Å². The zero-order chi connectivity index (χ0) is 22.7. The van der Waals surface area contributed by atoms with Crippen molar-refractivity contribution >= 4 is 16.9 Å². The van der Waals surface area contributed by atoms with Gasteiger partial charge in [0.05, 0.1) is 10.9 Å². The molecule has 0 N–H and O–H groups in total. The van der Waals surface area contributed by atoms with E-state index in [0.29, 0.717) is 34.4 Å². The third-order valence-electron chi connectivity index (χ3n) is 5.99. The molecule has 0 radical (unpaired) electrons. The van der Waals surface area contributed by atoms with Crippen molar-refractivity contribution in [3.8, 4) is 11.3 Å². The largest absolute Gasteiger partial charge is 0.455 e. The van der Waals surface area contributed by atoms with Crippen LogP contribution in [0.2, 0.25) is 0 Å². The Labute approximate surface area is 188 Å². The number of fused-ring (bicyclic) bond motifs is 1. The molecule has 4 rings (SSSR count). The lowest BCUT2D eigenvalue weighted by molar-refractivity contribution is 0.0672. The van der Waals surface area contributed by atoms with Crippen LogP contribution in [-0.2, 0) is 6.54 Å². The van der Waals surface area contributed by atoms with E-state index in [4.69, 9.17) is 4.42 Å². The normalized spacial score (nSPS) is 12.0. The van der Waals surface area contributed by atoms with Crippen LogP contribution in [0.15, 0.2) is 88.1 Å². The van der Waals surface area contributed by atoms with E-state index in [-0.39, 0.29) is 17.4 Å². The standard InChI is InChI=1S/C28H27NO3/c1-4-19(2)29(18-21-12-7-5-8-13-21)28(31)24-17-11-16-23-25(30)20(3)26(32-27(23)24)22-14-9-6-10-15-22/h5-17,19H,4,18H2,1-3H3. The Kier molecular flexibility index (Phi) is 6.22. The summed E-state index contributed by atoms with van der Waals surface area (Å²) in [6.07, 6.45) is 0.821. The van der Waals surface area contributed by atoms with Crippen molar-refractivity contribution in [3.05, 3.63) is 106 Å². The minimum absolute atomic E-state index is 0.0312. The topological polar surface area (TPSA) is 50.5 Å². The zero-order valence-electron chi connectivity index (χ0n) is 18.7. The predicted octanol–water partition coefficient (Wildman–Crippen LogP) is 6.21. The summed E-state index contributed by atoms with van der Waals surface area (Å²) in [5, 5.41) is 0.428. The third-order valence-corrected chi connectivity index (χ3v) is 5.99. The molecule has 4 nitrogen and oxygen atoms in total. The number of benzene rings is 3. The maximum atomic E-state index is 13.8. The first-order valence-electron chi connectivity index (χ1n) is 11.0. The molecule has 0 saturated heterocycles. The Hall–Kier alpha value is -3.66. The maximum Gasteiger partial charge on any atom is 0.258 e. The molecule has 4 heteroatoms. The summed E-state index contributed by atoms with van der Waals surface area (Å²) in [7, 11) is 0. The molecule has 1 aromatic heterocycles. The van der Waals surface area contributed by atoms with Crippen molar-refractivity contribution < 1.29 is 9.21 Å². The highest BCUT2D eigenvalue weighted by Crippen LogP contribution is 2.28. The number of amides is 1. The molecule has 3 aromatic carbocycles. The lowest BCUT2D eigenvalue weighted by atomic mass is 10.0. The van der Waals surface area contributed by atoms with Crippen LogP contribution in [0.5, 0.6) is 0 Å². The lowest BCUT2D eigenvalue weighted by Crippen LogP contribution is -2.38. The van der Waals surface area contributed by atoms with Gasteiger partial charge in [-0.05, 0) is 38.0 Å². The van der Waals surface area contributed by atoms with Crippen LogP contribution in [0.3, 0.4) is 0 Å². The SMILES string of the molecule is CCC(C)N(Cc1ccccc1)C(=O)c1cccc2c(=O)c(C)c(-c3ccccc3)oc12. The van der Waals surface area contributed by atoms with Gasteiger partial charge in [0.1, 0.15) is 5.76 Å². The molecule has 4 aromatic rings. The Morgan fingerprint density at radius 3 is 2.25 bits per heavy atom. The summed E-state index contributed by atoms with van der Waals surface area (Å²) in [5.41, 5.74) is 3.05. The molecule has 1 unspecified atom stereocenters. The van der Waals surface area contributed by atoms with Crippen molar-refractivity contribution in [2.75, 3.05) is 0 Å². The quantitative estimate of drug-likeness (QED) is 0.369. The van der Waals surface area contributed by atoms with Gasteiger partial charge < -0.3 is 9.32 Å². The van der Waals surface area contributed by atoms with Gasteiger partial charge in [-0.15, -0.1) is 0 Å². The highest BCUT2D eigenvalue weighted by molar-refractivity contribution is 6.05. The summed E-state index contributed by atoms with van der Waals surface area (Å²) in [4.78, 5) is 28.8. The Morgan fingerprint density at radius 2 is 1.59 bits per heavy atom. The van der Waals surface area contributed by atoms with Gasteiger partial charge in [-0.3, -0.25) is 9.59 Å². The molecule has 0 bridgehead atoms. The number of para-hydroxylation sites is 1. The van der Waals surface area contributed by atoms with Crippen LogP contribution in [-0.4, -0.2) is 16.8 Å². The molecule has 1 atom stereocenters. The number of hydrogen-bond donors (Lipinski definition) is 0. The van der Waals surface area contributed by atoms with Crippen LogP contribution in [0, 0.1) is 6.92 Å². The van der Waals surface area contributed by atoms with Crippen LogP contribution >= 0.6 is 0 Å². The van der Waals surface area contributed by atoms with Gasteiger partial charge in [0.2, 0.25) is 0 Å². The Bertz CT molecular complexity index is 1290. The van der Waals surface area contributed by atoms with Gasteiger partial charge in [0, 0.05) is 23.7 Å². The van der Waals surface area contributed by atoms with Crippen molar-refractivity contribution in [1.29, 1.82) is 0 Å². The second-order valence-corrected chi connectivity index (χ2v) is 8.11. The second kappa shape index (κ2) is 9.23. The van der Waals surface area contributed by atoms with Crippen LogP contribution < -0.4 is 5.43 Å². The van der Waals surface area contributed by atoms with Gasteiger partial charge in [-0.1, -0.05) is 73.7 Å². The van der Waals surface area contributed by atoms with Crippen LogP contribution in [0.25, 0.3) is 22.3 Å². The van der Waals surface area contributed by atoms with Crippen LogP contribution in [0.4, 0.5) is 0 Å². The van der Waals surface area contributed by atoms with E-state index in [2.05, 4.69) is 6.92 Å². The molecule has 1 amide bonds. The minimum Gasteiger partial charge on any atom is -0.455 e. The molecular weight excluding hydrogens is 398 g/mol. The molecule has 0 aliphatic rings.